The minimum absolute atomic E-state index is 0.0759. The van der Waals surface area contributed by atoms with Crippen molar-refractivity contribution in [2.45, 2.75) is 74.9 Å². The van der Waals surface area contributed by atoms with Crippen molar-refractivity contribution in [3.8, 4) is 5.75 Å². The molecule has 1 heterocycles. The molecule has 2 amide bonds. The van der Waals surface area contributed by atoms with Gasteiger partial charge in [-0.2, -0.15) is 0 Å². The van der Waals surface area contributed by atoms with Gasteiger partial charge in [-0.25, -0.2) is 8.78 Å². The van der Waals surface area contributed by atoms with Crippen molar-refractivity contribution >= 4 is 11.8 Å². The highest BCUT2D eigenvalue weighted by molar-refractivity contribution is 5.84. The van der Waals surface area contributed by atoms with Gasteiger partial charge in [0.15, 0.2) is 18.2 Å². The van der Waals surface area contributed by atoms with Crippen molar-refractivity contribution in [1.29, 1.82) is 0 Å². The van der Waals surface area contributed by atoms with E-state index in [1.54, 1.807) is 0 Å². The Morgan fingerprint density at radius 2 is 1.66 bits per heavy atom. The van der Waals surface area contributed by atoms with Crippen LogP contribution in [-0.4, -0.2) is 42.1 Å². The Bertz CT molecular complexity index is 877. The van der Waals surface area contributed by atoms with E-state index >= 15 is 0 Å². The van der Waals surface area contributed by atoms with Crippen LogP contribution in [0.5, 0.6) is 5.75 Å². The fourth-order valence-corrected chi connectivity index (χ4v) is 5.71. The zero-order chi connectivity index (χ0) is 22.3. The van der Waals surface area contributed by atoms with Crippen LogP contribution in [0.2, 0.25) is 0 Å². The number of hydrogen-bond donors (Lipinski definition) is 3. The second-order valence-electron chi connectivity index (χ2n) is 10.4. The van der Waals surface area contributed by atoms with Crippen molar-refractivity contribution in [3.05, 3.63) is 29.8 Å². The summed E-state index contributed by atoms with van der Waals surface area (Å²) >= 11 is 0. The molecule has 5 aliphatic rings. The van der Waals surface area contributed by atoms with Gasteiger partial charge in [0, 0.05) is 17.1 Å². The van der Waals surface area contributed by atoms with Crippen LogP contribution < -0.4 is 20.7 Å². The SMILES string of the molecule is O=C(COc1ccc(F)c(F)c1)NC12CC(NC(=O)C3CCC(CCC4CC4)CN3)(C1)C2. The first-order valence-corrected chi connectivity index (χ1v) is 11.8. The largest absolute Gasteiger partial charge is 0.484 e. The van der Waals surface area contributed by atoms with Crippen molar-refractivity contribution in [3.63, 3.8) is 0 Å². The molecular formula is C24H31F2N3O3. The number of halogens is 2. The summed E-state index contributed by atoms with van der Waals surface area (Å²) in [6, 6.07) is 3.05. The Balaban J connectivity index is 1.000. The molecule has 8 heteroatoms. The molecule has 2 bridgehead atoms. The van der Waals surface area contributed by atoms with Gasteiger partial charge in [0.05, 0.1) is 6.04 Å². The first-order chi connectivity index (χ1) is 15.3. The molecule has 0 spiro atoms. The molecule has 4 aliphatic carbocycles. The highest BCUT2D eigenvalue weighted by atomic mass is 19.2. The average Bonchev–Trinajstić information content (AvgIpc) is 3.55. The van der Waals surface area contributed by atoms with Crippen molar-refractivity contribution in [2.24, 2.45) is 11.8 Å². The summed E-state index contributed by atoms with van der Waals surface area (Å²) in [6.45, 7) is 0.663. The molecule has 5 fully saturated rings. The van der Waals surface area contributed by atoms with Crippen LogP contribution in [0.3, 0.4) is 0 Å². The number of carbonyl (C=O) groups is 2. The monoisotopic (exact) mass is 447 g/mol. The summed E-state index contributed by atoms with van der Waals surface area (Å²) in [4.78, 5) is 24.9. The highest BCUT2D eigenvalue weighted by Crippen LogP contribution is 2.60. The Morgan fingerprint density at radius 3 is 2.31 bits per heavy atom. The average molecular weight is 448 g/mol. The Labute approximate surface area is 186 Å². The van der Waals surface area contributed by atoms with E-state index in [1.807, 2.05) is 0 Å². The third-order valence-corrected chi connectivity index (χ3v) is 7.60. The van der Waals surface area contributed by atoms with Crippen LogP contribution in [0.1, 0.15) is 57.8 Å². The smallest absolute Gasteiger partial charge is 0.258 e. The molecule has 4 saturated carbocycles. The van der Waals surface area contributed by atoms with E-state index < -0.39 is 11.6 Å². The molecule has 6 nitrogen and oxygen atoms in total. The van der Waals surface area contributed by atoms with Crippen LogP contribution in [0.4, 0.5) is 8.78 Å². The van der Waals surface area contributed by atoms with Gasteiger partial charge in [0.2, 0.25) is 5.91 Å². The van der Waals surface area contributed by atoms with Gasteiger partial charge in [-0.05, 0) is 69.0 Å². The van der Waals surface area contributed by atoms with Crippen LogP contribution >= 0.6 is 0 Å². The van der Waals surface area contributed by atoms with Gasteiger partial charge < -0.3 is 20.7 Å². The Hall–Kier alpha value is -2.22. The van der Waals surface area contributed by atoms with Gasteiger partial charge in [-0.1, -0.05) is 19.3 Å². The Kier molecular flexibility index (Phi) is 5.60. The first-order valence-electron chi connectivity index (χ1n) is 11.8. The third-order valence-electron chi connectivity index (χ3n) is 7.60. The molecule has 1 aliphatic heterocycles. The highest BCUT2D eigenvalue weighted by Gasteiger charge is 2.69. The number of carbonyl (C=O) groups excluding carboxylic acids is 2. The summed E-state index contributed by atoms with van der Waals surface area (Å²) in [5.74, 6) is -0.434. The topological polar surface area (TPSA) is 79.5 Å². The van der Waals surface area contributed by atoms with Crippen molar-refractivity contribution in [1.82, 2.24) is 16.0 Å². The fraction of sp³-hybridized carbons (Fsp3) is 0.667. The lowest BCUT2D eigenvalue weighted by atomic mass is 9.44. The molecular weight excluding hydrogens is 416 g/mol. The predicted octanol–water partition coefficient (Wildman–Crippen LogP) is 2.81. The minimum atomic E-state index is -1.01. The number of rotatable bonds is 9. The van der Waals surface area contributed by atoms with Gasteiger partial charge in [0.1, 0.15) is 5.75 Å². The molecule has 32 heavy (non-hydrogen) atoms. The third kappa shape index (κ3) is 4.60. The summed E-state index contributed by atoms with van der Waals surface area (Å²) in [5, 5.41) is 9.61. The zero-order valence-electron chi connectivity index (χ0n) is 18.2. The molecule has 1 aromatic rings. The van der Waals surface area contributed by atoms with Gasteiger partial charge in [-0.15, -0.1) is 0 Å². The summed E-state index contributed by atoms with van der Waals surface area (Å²) in [7, 11) is 0. The standard InChI is InChI=1S/C24H31F2N3O3/c25-18-7-6-17(9-19(18)26)32-11-21(30)28-23-12-24(13-23,14-23)29-22(31)20-8-5-16(10-27-20)4-3-15-1-2-15/h6-7,9,15-16,20,27H,1-5,8,10-14H2,(H,28,30)(H,29,31). The number of nitrogens with one attached hydrogen (secondary N) is 3. The van der Waals surface area contributed by atoms with E-state index in [2.05, 4.69) is 16.0 Å². The van der Waals surface area contributed by atoms with E-state index in [1.165, 1.54) is 31.7 Å². The van der Waals surface area contributed by atoms with E-state index in [9.17, 15) is 18.4 Å². The van der Waals surface area contributed by atoms with Gasteiger partial charge >= 0.3 is 0 Å². The molecule has 0 radical (unpaired) electrons. The summed E-state index contributed by atoms with van der Waals surface area (Å²) in [6.07, 6.45) is 9.58. The predicted molar refractivity (Wildman–Crippen MR) is 114 cm³/mol. The number of benzene rings is 1. The minimum Gasteiger partial charge on any atom is -0.484 e. The van der Waals surface area contributed by atoms with Crippen molar-refractivity contribution in [2.75, 3.05) is 13.2 Å². The van der Waals surface area contributed by atoms with E-state index in [4.69, 9.17) is 4.74 Å². The molecule has 1 saturated heterocycles. The van der Waals surface area contributed by atoms with E-state index in [-0.39, 0.29) is 41.3 Å². The lowest BCUT2D eigenvalue weighted by Gasteiger charge is -2.70. The van der Waals surface area contributed by atoms with Gasteiger partial charge in [0.25, 0.3) is 5.91 Å². The molecule has 2 unspecified atom stereocenters. The molecule has 0 aromatic heterocycles. The number of hydrogen-bond acceptors (Lipinski definition) is 4. The zero-order valence-corrected chi connectivity index (χ0v) is 18.2. The van der Waals surface area contributed by atoms with Crippen LogP contribution in [0, 0.1) is 23.5 Å². The maximum absolute atomic E-state index is 13.2. The molecule has 3 N–H and O–H groups in total. The van der Waals surface area contributed by atoms with Crippen molar-refractivity contribution < 1.29 is 23.1 Å². The van der Waals surface area contributed by atoms with Crippen LogP contribution in [0.25, 0.3) is 0 Å². The normalized spacial score (nSPS) is 32.9. The quantitative estimate of drug-likeness (QED) is 0.544. The summed E-state index contributed by atoms with van der Waals surface area (Å²) < 4.78 is 31.4. The maximum Gasteiger partial charge on any atom is 0.258 e. The molecule has 6 rings (SSSR count). The number of amides is 2. The Morgan fingerprint density at radius 1 is 0.969 bits per heavy atom. The summed E-state index contributed by atoms with van der Waals surface area (Å²) in [5.41, 5.74) is -0.481. The molecule has 174 valence electrons. The van der Waals surface area contributed by atoms with Gasteiger partial charge in [-0.3, -0.25) is 9.59 Å². The number of piperidine rings is 1. The first kappa shape index (κ1) is 21.6. The fourth-order valence-electron chi connectivity index (χ4n) is 5.71. The second kappa shape index (κ2) is 8.28. The lowest BCUT2D eigenvalue weighted by Crippen LogP contribution is -2.84. The van der Waals surface area contributed by atoms with Crippen LogP contribution in [-0.2, 0) is 9.59 Å². The molecule has 1 aromatic carbocycles. The van der Waals surface area contributed by atoms with E-state index in [0.717, 1.165) is 56.7 Å². The maximum atomic E-state index is 13.2. The number of ether oxygens (including phenoxy) is 1. The second-order valence-corrected chi connectivity index (χ2v) is 10.4. The molecule has 2 atom stereocenters. The lowest BCUT2D eigenvalue weighted by molar-refractivity contribution is -0.151. The van der Waals surface area contributed by atoms with Crippen LogP contribution in [0.15, 0.2) is 18.2 Å². The van der Waals surface area contributed by atoms with E-state index in [0.29, 0.717) is 5.92 Å².